The van der Waals surface area contributed by atoms with Crippen LogP contribution < -0.4 is 5.73 Å². The minimum atomic E-state index is 0.530. The van der Waals surface area contributed by atoms with Gasteiger partial charge in [-0.2, -0.15) is 5.26 Å². The van der Waals surface area contributed by atoms with E-state index in [9.17, 15) is 0 Å². The van der Waals surface area contributed by atoms with E-state index in [4.69, 9.17) is 11.0 Å². The number of hydrogen-bond acceptors (Lipinski definition) is 2. The van der Waals surface area contributed by atoms with Crippen LogP contribution in [0.15, 0.2) is 30.9 Å². The Balaban J connectivity index is 3.03. The van der Waals surface area contributed by atoms with Crippen molar-refractivity contribution in [2.75, 3.05) is 5.73 Å². The third kappa shape index (κ3) is 1.64. The van der Waals surface area contributed by atoms with Crippen LogP contribution >= 0.6 is 0 Å². The van der Waals surface area contributed by atoms with Crippen LogP contribution in [0.25, 0.3) is 0 Å². The number of benzene rings is 1. The van der Waals surface area contributed by atoms with Crippen LogP contribution in [0.2, 0.25) is 0 Å². The lowest BCUT2D eigenvalue weighted by Gasteiger charge is -1.99. The molecule has 0 heterocycles. The Kier molecular flexibility index (Phi) is 2.49. The second kappa shape index (κ2) is 3.59. The first-order valence-corrected chi connectivity index (χ1v) is 3.67. The molecular formula is C10H10N2. The Bertz CT molecular complexity index is 334. The molecule has 60 valence electrons. The molecule has 0 bridgehead atoms. The number of rotatable bonds is 2. The second-order valence-corrected chi connectivity index (χ2v) is 2.53. The Morgan fingerprint density at radius 1 is 1.58 bits per heavy atom. The predicted molar refractivity (Wildman–Crippen MR) is 49.5 cm³/mol. The van der Waals surface area contributed by atoms with E-state index in [2.05, 4.69) is 6.58 Å². The van der Waals surface area contributed by atoms with Crippen molar-refractivity contribution in [3.8, 4) is 6.07 Å². The average molecular weight is 158 g/mol. The number of nitriles is 1. The first-order valence-electron chi connectivity index (χ1n) is 3.67. The van der Waals surface area contributed by atoms with Crippen LogP contribution in [0.3, 0.4) is 0 Å². The summed E-state index contributed by atoms with van der Waals surface area (Å²) < 4.78 is 0. The minimum absolute atomic E-state index is 0.530. The summed E-state index contributed by atoms with van der Waals surface area (Å²) in [7, 11) is 0. The Morgan fingerprint density at radius 3 is 2.83 bits per heavy atom. The number of nitrogen functional groups attached to an aromatic ring is 1. The highest BCUT2D eigenvalue weighted by Crippen LogP contribution is 2.13. The summed E-state index contributed by atoms with van der Waals surface area (Å²) in [6, 6.07) is 7.44. The van der Waals surface area contributed by atoms with Crippen molar-refractivity contribution >= 4 is 5.69 Å². The first-order chi connectivity index (χ1) is 5.77. The quantitative estimate of drug-likeness (QED) is 0.527. The summed E-state index contributed by atoms with van der Waals surface area (Å²) in [4.78, 5) is 0. The van der Waals surface area contributed by atoms with Crippen LogP contribution in [0.1, 0.15) is 11.1 Å². The molecule has 0 saturated heterocycles. The molecule has 0 atom stereocenters. The van der Waals surface area contributed by atoms with Crippen LogP contribution in [-0.4, -0.2) is 0 Å². The number of allylic oxidation sites excluding steroid dienone is 1. The molecule has 0 aliphatic carbocycles. The second-order valence-electron chi connectivity index (χ2n) is 2.53. The molecule has 0 aromatic heterocycles. The predicted octanol–water partition coefficient (Wildman–Crippen LogP) is 1.87. The molecular weight excluding hydrogens is 148 g/mol. The summed E-state index contributed by atoms with van der Waals surface area (Å²) in [6.45, 7) is 3.62. The van der Waals surface area contributed by atoms with Gasteiger partial charge in [0.15, 0.2) is 0 Å². The number of nitrogens with zero attached hydrogens (tertiary/aromatic N) is 1. The Hall–Kier alpha value is -1.75. The van der Waals surface area contributed by atoms with Crippen molar-refractivity contribution in [1.29, 1.82) is 5.26 Å². The lowest BCUT2D eigenvalue weighted by molar-refractivity contribution is 1.27. The van der Waals surface area contributed by atoms with Crippen LogP contribution in [0.5, 0.6) is 0 Å². The van der Waals surface area contributed by atoms with Gasteiger partial charge in [-0.05, 0) is 24.1 Å². The zero-order valence-electron chi connectivity index (χ0n) is 6.75. The molecule has 2 heteroatoms. The van der Waals surface area contributed by atoms with Gasteiger partial charge in [-0.25, -0.2) is 0 Å². The topological polar surface area (TPSA) is 49.8 Å². The maximum atomic E-state index is 8.59. The summed E-state index contributed by atoms with van der Waals surface area (Å²) in [5.41, 5.74) is 7.76. The van der Waals surface area contributed by atoms with Gasteiger partial charge < -0.3 is 5.73 Å². The van der Waals surface area contributed by atoms with Crippen molar-refractivity contribution in [3.05, 3.63) is 42.0 Å². The van der Waals surface area contributed by atoms with E-state index in [0.717, 1.165) is 12.0 Å². The van der Waals surface area contributed by atoms with E-state index in [-0.39, 0.29) is 0 Å². The largest absolute Gasteiger partial charge is 0.398 e. The molecule has 0 spiro atoms. The first kappa shape index (κ1) is 8.35. The van der Waals surface area contributed by atoms with Crippen LogP contribution in [-0.2, 0) is 6.42 Å². The van der Waals surface area contributed by atoms with Gasteiger partial charge in [0.2, 0.25) is 0 Å². The maximum Gasteiger partial charge on any atom is 0.101 e. The highest BCUT2D eigenvalue weighted by molar-refractivity contribution is 5.55. The fraction of sp³-hybridized carbons (Fsp3) is 0.100. The van der Waals surface area contributed by atoms with Crippen LogP contribution in [0.4, 0.5) is 5.69 Å². The van der Waals surface area contributed by atoms with Crippen molar-refractivity contribution in [1.82, 2.24) is 0 Å². The molecule has 0 saturated carbocycles. The average Bonchev–Trinajstić information content (AvgIpc) is 2.05. The van der Waals surface area contributed by atoms with Gasteiger partial charge in [0.05, 0.1) is 5.56 Å². The summed E-state index contributed by atoms with van der Waals surface area (Å²) in [6.07, 6.45) is 2.59. The zero-order chi connectivity index (χ0) is 8.97. The Morgan fingerprint density at radius 2 is 2.33 bits per heavy atom. The molecule has 0 aliphatic rings. The fourth-order valence-electron chi connectivity index (χ4n) is 1.01. The van der Waals surface area contributed by atoms with Crippen molar-refractivity contribution in [3.63, 3.8) is 0 Å². The van der Waals surface area contributed by atoms with Gasteiger partial charge in [0, 0.05) is 5.69 Å². The van der Waals surface area contributed by atoms with E-state index in [1.165, 1.54) is 0 Å². The third-order valence-corrected chi connectivity index (χ3v) is 1.62. The number of nitrogens with two attached hydrogens (primary N) is 1. The standard InChI is InChI=1S/C10H10N2/c1-2-3-8-4-5-9(7-11)10(12)6-8/h2,4-6H,1,3,12H2. The maximum absolute atomic E-state index is 8.59. The molecule has 0 aliphatic heterocycles. The van der Waals surface area contributed by atoms with Gasteiger partial charge in [-0.15, -0.1) is 6.58 Å². The van der Waals surface area contributed by atoms with Crippen LogP contribution in [0, 0.1) is 11.3 Å². The molecule has 1 rings (SSSR count). The molecule has 2 nitrogen and oxygen atoms in total. The molecule has 1 aromatic carbocycles. The van der Waals surface area contributed by atoms with Gasteiger partial charge in [-0.1, -0.05) is 12.1 Å². The molecule has 0 amide bonds. The zero-order valence-corrected chi connectivity index (χ0v) is 6.75. The molecule has 0 unspecified atom stereocenters. The van der Waals surface area contributed by atoms with Gasteiger partial charge in [0.25, 0.3) is 0 Å². The fourth-order valence-corrected chi connectivity index (χ4v) is 1.01. The minimum Gasteiger partial charge on any atom is -0.398 e. The van der Waals surface area contributed by atoms with Crippen molar-refractivity contribution < 1.29 is 0 Å². The summed E-state index contributed by atoms with van der Waals surface area (Å²) in [5, 5.41) is 8.59. The molecule has 1 aromatic rings. The van der Waals surface area contributed by atoms with Gasteiger partial charge in [-0.3, -0.25) is 0 Å². The van der Waals surface area contributed by atoms with E-state index in [1.807, 2.05) is 12.1 Å². The smallest absolute Gasteiger partial charge is 0.101 e. The highest BCUT2D eigenvalue weighted by atomic mass is 14.6. The van der Waals surface area contributed by atoms with E-state index >= 15 is 0 Å². The normalized spacial score (nSPS) is 8.92. The summed E-state index contributed by atoms with van der Waals surface area (Å²) >= 11 is 0. The van der Waals surface area contributed by atoms with E-state index < -0.39 is 0 Å². The highest BCUT2D eigenvalue weighted by Gasteiger charge is 1.97. The lowest BCUT2D eigenvalue weighted by atomic mass is 10.1. The number of hydrogen-bond donors (Lipinski definition) is 1. The monoisotopic (exact) mass is 158 g/mol. The molecule has 2 N–H and O–H groups in total. The summed E-state index contributed by atoms with van der Waals surface area (Å²) in [5.74, 6) is 0. The van der Waals surface area contributed by atoms with Crippen molar-refractivity contribution in [2.45, 2.75) is 6.42 Å². The lowest BCUT2D eigenvalue weighted by Crippen LogP contribution is -1.92. The van der Waals surface area contributed by atoms with Gasteiger partial charge in [0.1, 0.15) is 6.07 Å². The van der Waals surface area contributed by atoms with Crippen molar-refractivity contribution in [2.24, 2.45) is 0 Å². The Labute approximate surface area is 71.9 Å². The van der Waals surface area contributed by atoms with E-state index in [0.29, 0.717) is 11.3 Å². The SMILES string of the molecule is C=CCc1ccc(C#N)c(N)c1. The number of anilines is 1. The molecule has 12 heavy (non-hydrogen) atoms. The van der Waals surface area contributed by atoms with E-state index in [1.54, 1.807) is 18.2 Å². The molecule has 0 fully saturated rings. The third-order valence-electron chi connectivity index (χ3n) is 1.62. The molecule has 0 radical (unpaired) electrons. The van der Waals surface area contributed by atoms with Gasteiger partial charge >= 0.3 is 0 Å².